The molecule has 1 heterocycles. The normalized spacial score (nSPS) is 10.8. The Morgan fingerprint density at radius 2 is 1.95 bits per heavy atom. The zero-order valence-corrected chi connectivity index (χ0v) is 13.6. The Kier molecular flexibility index (Phi) is 6.10. The van der Waals surface area contributed by atoms with Crippen molar-refractivity contribution in [3.05, 3.63) is 39.3 Å². The van der Waals surface area contributed by atoms with Crippen LogP contribution < -0.4 is 10.6 Å². The highest BCUT2D eigenvalue weighted by Crippen LogP contribution is 2.33. The lowest BCUT2D eigenvalue weighted by Gasteiger charge is -2.07. The summed E-state index contributed by atoms with van der Waals surface area (Å²) in [6, 6.07) is 5.43. The van der Waals surface area contributed by atoms with Crippen LogP contribution in [0.15, 0.2) is 23.6 Å². The summed E-state index contributed by atoms with van der Waals surface area (Å²) in [7, 11) is 0. The van der Waals surface area contributed by atoms with E-state index in [0.29, 0.717) is 15.7 Å². The second kappa shape index (κ2) is 7.84. The summed E-state index contributed by atoms with van der Waals surface area (Å²) < 4.78 is 0. The molecule has 0 aliphatic carbocycles. The minimum atomic E-state index is 0.596. The number of halogens is 2. The van der Waals surface area contributed by atoms with Crippen molar-refractivity contribution in [3.8, 4) is 0 Å². The second-order valence-electron chi connectivity index (χ2n) is 4.37. The molecule has 108 valence electrons. The minimum Gasteiger partial charge on any atom is -0.329 e. The summed E-state index contributed by atoms with van der Waals surface area (Å²) in [5, 5.41) is 10.6. The molecule has 0 saturated heterocycles. The van der Waals surface area contributed by atoms with Crippen LogP contribution in [0.1, 0.15) is 19.0 Å². The topological polar surface area (TPSA) is 37.0 Å². The van der Waals surface area contributed by atoms with E-state index in [1.807, 2.05) is 6.07 Å². The van der Waals surface area contributed by atoms with Crippen molar-refractivity contribution in [1.82, 2.24) is 10.3 Å². The average molecular weight is 330 g/mol. The molecule has 2 rings (SSSR count). The Hall–Kier alpha value is -0.810. The highest BCUT2D eigenvalue weighted by molar-refractivity contribution is 7.13. The maximum absolute atomic E-state index is 6.12. The Labute approximate surface area is 133 Å². The predicted octanol–water partition coefficient (Wildman–Crippen LogP) is 4.74. The average Bonchev–Trinajstić information content (AvgIpc) is 2.87. The monoisotopic (exact) mass is 329 g/mol. The number of nitrogens with one attached hydrogen (secondary N) is 2. The van der Waals surface area contributed by atoms with Gasteiger partial charge in [0.05, 0.1) is 21.4 Å². The van der Waals surface area contributed by atoms with E-state index in [-0.39, 0.29) is 0 Å². The first-order chi connectivity index (χ1) is 9.70. The summed E-state index contributed by atoms with van der Waals surface area (Å²) in [6.07, 6.45) is 2.07. The summed E-state index contributed by atoms with van der Waals surface area (Å²) in [4.78, 5) is 4.54. The molecule has 1 aromatic heterocycles. The fourth-order valence-corrected chi connectivity index (χ4v) is 2.96. The van der Waals surface area contributed by atoms with Crippen molar-refractivity contribution in [1.29, 1.82) is 0 Å². The Morgan fingerprint density at radius 3 is 2.65 bits per heavy atom. The van der Waals surface area contributed by atoms with Gasteiger partial charge in [-0.15, -0.1) is 11.3 Å². The Bertz CT molecular complexity index is 537. The van der Waals surface area contributed by atoms with E-state index in [9.17, 15) is 0 Å². The van der Waals surface area contributed by atoms with Gasteiger partial charge in [0, 0.05) is 18.3 Å². The molecule has 20 heavy (non-hydrogen) atoms. The Morgan fingerprint density at radius 1 is 1.20 bits per heavy atom. The lowest BCUT2D eigenvalue weighted by molar-refractivity contribution is 0.667. The van der Waals surface area contributed by atoms with Crippen LogP contribution >= 0.6 is 34.5 Å². The van der Waals surface area contributed by atoms with Crippen LogP contribution in [-0.4, -0.2) is 18.1 Å². The van der Waals surface area contributed by atoms with Crippen LogP contribution in [0.3, 0.4) is 0 Å². The lowest BCUT2D eigenvalue weighted by atomic mass is 10.3. The second-order valence-corrected chi connectivity index (χ2v) is 6.04. The third kappa shape index (κ3) is 4.35. The number of anilines is 2. The number of hydrogen-bond donors (Lipinski definition) is 2. The van der Waals surface area contributed by atoms with E-state index in [1.165, 1.54) is 0 Å². The molecule has 0 radical (unpaired) electrons. The van der Waals surface area contributed by atoms with Gasteiger partial charge in [-0.3, -0.25) is 0 Å². The van der Waals surface area contributed by atoms with E-state index in [0.717, 1.165) is 36.8 Å². The van der Waals surface area contributed by atoms with Gasteiger partial charge >= 0.3 is 0 Å². The molecule has 0 atom stereocenters. The highest BCUT2D eigenvalue weighted by Gasteiger charge is 2.08. The smallest absolute Gasteiger partial charge is 0.187 e. The maximum atomic E-state index is 6.12. The van der Waals surface area contributed by atoms with Crippen LogP contribution in [0.2, 0.25) is 10.0 Å². The lowest BCUT2D eigenvalue weighted by Crippen LogP contribution is -2.17. The summed E-state index contributed by atoms with van der Waals surface area (Å²) in [5.74, 6) is 0. The van der Waals surface area contributed by atoms with Gasteiger partial charge in [-0.05, 0) is 25.1 Å². The van der Waals surface area contributed by atoms with Crippen LogP contribution in [0.4, 0.5) is 10.8 Å². The quantitative estimate of drug-likeness (QED) is 0.720. The third-order valence-electron chi connectivity index (χ3n) is 2.73. The SMILES string of the molecule is CCCNCCc1csc(Nc2c(Cl)cccc2Cl)n1. The highest BCUT2D eigenvalue weighted by atomic mass is 35.5. The van der Waals surface area contributed by atoms with Crippen molar-refractivity contribution >= 4 is 45.4 Å². The number of nitrogens with zero attached hydrogens (tertiary/aromatic N) is 1. The first-order valence-electron chi connectivity index (χ1n) is 6.57. The summed E-state index contributed by atoms with van der Waals surface area (Å²) >= 11 is 13.8. The molecule has 2 aromatic rings. The van der Waals surface area contributed by atoms with Crippen molar-refractivity contribution < 1.29 is 0 Å². The molecule has 1 aromatic carbocycles. The number of aromatic nitrogens is 1. The first-order valence-corrected chi connectivity index (χ1v) is 8.20. The van der Waals surface area contributed by atoms with E-state index >= 15 is 0 Å². The molecule has 0 aliphatic heterocycles. The van der Waals surface area contributed by atoms with Gasteiger partial charge in [-0.2, -0.15) is 0 Å². The van der Waals surface area contributed by atoms with Crippen molar-refractivity contribution in [3.63, 3.8) is 0 Å². The molecule has 0 spiro atoms. The molecular weight excluding hydrogens is 313 g/mol. The standard InChI is InChI=1S/C14H17Cl2N3S/c1-2-7-17-8-6-10-9-20-14(18-10)19-13-11(15)4-3-5-12(13)16/h3-5,9,17H,2,6-8H2,1H3,(H,18,19). The summed E-state index contributed by atoms with van der Waals surface area (Å²) in [6.45, 7) is 4.15. The van der Waals surface area contributed by atoms with Crippen LogP contribution in [-0.2, 0) is 6.42 Å². The van der Waals surface area contributed by atoms with Crippen molar-refractivity contribution in [2.75, 3.05) is 18.4 Å². The van der Waals surface area contributed by atoms with E-state index in [2.05, 4.69) is 27.9 Å². The fourth-order valence-electron chi connectivity index (χ4n) is 1.72. The van der Waals surface area contributed by atoms with Crippen molar-refractivity contribution in [2.24, 2.45) is 0 Å². The zero-order chi connectivity index (χ0) is 14.4. The van der Waals surface area contributed by atoms with E-state index in [1.54, 1.807) is 23.5 Å². The predicted molar refractivity (Wildman–Crippen MR) is 88.7 cm³/mol. The van der Waals surface area contributed by atoms with Gasteiger partial charge in [0.1, 0.15) is 0 Å². The fraction of sp³-hybridized carbons (Fsp3) is 0.357. The molecule has 0 unspecified atom stereocenters. The maximum Gasteiger partial charge on any atom is 0.187 e. The largest absolute Gasteiger partial charge is 0.329 e. The molecule has 0 saturated carbocycles. The molecular formula is C14H17Cl2N3S. The van der Waals surface area contributed by atoms with Crippen LogP contribution in [0, 0.1) is 0 Å². The van der Waals surface area contributed by atoms with E-state index in [4.69, 9.17) is 23.2 Å². The molecule has 0 fully saturated rings. The third-order valence-corrected chi connectivity index (χ3v) is 4.17. The van der Waals surface area contributed by atoms with Gasteiger partial charge in [0.2, 0.25) is 0 Å². The van der Waals surface area contributed by atoms with Gasteiger partial charge in [0.15, 0.2) is 5.13 Å². The molecule has 6 heteroatoms. The number of hydrogen-bond acceptors (Lipinski definition) is 4. The molecule has 2 N–H and O–H groups in total. The molecule has 0 bridgehead atoms. The van der Waals surface area contributed by atoms with Crippen molar-refractivity contribution in [2.45, 2.75) is 19.8 Å². The Balaban J connectivity index is 1.96. The zero-order valence-electron chi connectivity index (χ0n) is 11.2. The minimum absolute atomic E-state index is 0.596. The van der Waals surface area contributed by atoms with Gasteiger partial charge in [0.25, 0.3) is 0 Å². The van der Waals surface area contributed by atoms with E-state index < -0.39 is 0 Å². The molecule has 0 aliphatic rings. The number of para-hydroxylation sites is 1. The first kappa shape index (κ1) is 15.6. The number of benzene rings is 1. The summed E-state index contributed by atoms with van der Waals surface area (Å²) in [5.41, 5.74) is 1.78. The molecule has 3 nitrogen and oxygen atoms in total. The van der Waals surface area contributed by atoms with Gasteiger partial charge in [-0.25, -0.2) is 4.98 Å². The number of thiazole rings is 1. The number of rotatable bonds is 7. The van der Waals surface area contributed by atoms with Gasteiger partial charge < -0.3 is 10.6 Å². The van der Waals surface area contributed by atoms with Gasteiger partial charge in [-0.1, -0.05) is 36.2 Å². The van der Waals surface area contributed by atoms with Crippen LogP contribution in [0.5, 0.6) is 0 Å². The molecule has 0 amide bonds. The van der Waals surface area contributed by atoms with Crippen LogP contribution in [0.25, 0.3) is 0 Å².